The topological polar surface area (TPSA) is 63.6 Å². The van der Waals surface area contributed by atoms with E-state index < -0.39 is 5.97 Å². The van der Waals surface area contributed by atoms with Gasteiger partial charge in [-0.3, -0.25) is 9.59 Å². The molecule has 4 heteroatoms. The van der Waals surface area contributed by atoms with Gasteiger partial charge in [0.25, 0.3) is 0 Å². The minimum atomic E-state index is -0.708. The van der Waals surface area contributed by atoms with E-state index in [0.29, 0.717) is 6.42 Å². The Hall–Kier alpha value is -1.84. The highest BCUT2D eigenvalue weighted by molar-refractivity contribution is 5.69. The molecule has 0 fully saturated rings. The van der Waals surface area contributed by atoms with Crippen LogP contribution in [0, 0.1) is 0 Å². The van der Waals surface area contributed by atoms with E-state index in [1.807, 2.05) is 0 Å². The van der Waals surface area contributed by atoms with Crippen LogP contribution in [0.25, 0.3) is 0 Å². The third-order valence-corrected chi connectivity index (χ3v) is 6.38. The standard InChI is InChI=1S/C32H56O4/c1-3-5-7-8-9-10-11-12-13-14-15-16-17-21-25-29-32(35)36-30(26-22-6-4-2)27-23-19-18-20-24-28-31(33)34/h5,7,9-10,12-13,30H,3-4,6,8,11,14-29H2,1-2H3,(H,33,34)/b7-5-,10-9-,13-12-. The molecule has 0 aromatic heterocycles. The number of carboxylic acid groups (broad SMARTS) is 1. The fourth-order valence-electron chi connectivity index (χ4n) is 4.20. The van der Waals surface area contributed by atoms with Crippen molar-refractivity contribution in [2.75, 3.05) is 0 Å². The molecule has 0 saturated carbocycles. The monoisotopic (exact) mass is 504 g/mol. The highest BCUT2D eigenvalue weighted by Gasteiger charge is 2.14. The number of hydrogen-bond donors (Lipinski definition) is 1. The van der Waals surface area contributed by atoms with Crippen LogP contribution in [-0.4, -0.2) is 23.1 Å². The van der Waals surface area contributed by atoms with Crippen LogP contribution >= 0.6 is 0 Å². The zero-order valence-corrected chi connectivity index (χ0v) is 23.6. The lowest BCUT2D eigenvalue weighted by atomic mass is 10.0. The van der Waals surface area contributed by atoms with Gasteiger partial charge in [-0.2, -0.15) is 0 Å². The number of ether oxygens (including phenoxy) is 1. The fraction of sp³-hybridized carbons (Fsp3) is 0.750. The molecule has 0 rings (SSSR count). The summed E-state index contributed by atoms with van der Waals surface area (Å²) in [5.41, 5.74) is 0. The summed E-state index contributed by atoms with van der Waals surface area (Å²) in [6.07, 6.45) is 34.6. The van der Waals surface area contributed by atoms with Gasteiger partial charge in [0, 0.05) is 12.8 Å². The lowest BCUT2D eigenvalue weighted by molar-refractivity contribution is -0.150. The Morgan fingerprint density at radius 3 is 1.81 bits per heavy atom. The lowest BCUT2D eigenvalue weighted by Gasteiger charge is -2.18. The van der Waals surface area contributed by atoms with E-state index in [1.165, 1.54) is 32.1 Å². The Kier molecular flexibility index (Phi) is 26.3. The number of rotatable bonds is 26. The minimum Gasteiger partial charge on any atom is -0.481 e. The maximum Gasteiger partial charge on any atom is 0.306 e. The normalized spacial score (nSPS) is 12.7. The summed E-state index contributed by atoms with van der Waals surface area (Å²) in [6.45, 7) is 4.35. The molecule has 0 saturated heterocycles. The van der Waals surface area contributed by atoms with Gasteiger partial charge in [0.05, 0.1) is 0 Å². The van der Waals surface area contributed by atoms with Gasteiger partial charge in [-0.1, -0.05) is 102 Å². The third kappa shape index (κ3) is 26.8. The van der Waals surface area contributed by atoms with E-state index in [1.54, 1.807) is 0 Å². The van der Waals surface area contributed by atoms with Crippen LogP contribution in [0.15, 0.2) is 36.5 Å². The molecule has 0 aromatic carbocycles. The first-order chi connectivity index (χ1) is 17.6. The average Bonchev–Trinajstić information content (AvgIpc) is 2.85. The first-order valence-electron chi connectivity index (χ1n) is 15.0. The second-order valence-corrected chi connectivity index (χ2v) is 9.91. The van der Waals surface area contributed by atoms with Crippen LogP contribution in [0.4, 0.5) is 0 Å². The number of aliphatic carboxylic acids is 1. The Bertz CT molecular complexity index is 591. The molecule has 1 N–H and O–H groups in total. The van der Waals surface area contributed by atoms with Crippen LogP contribution < -0.4 is 0 Å². The van der Waals surface area contributed by atoms with E-state index in [4.69, 9.17) is 9.84 Å². The predicted octanol–water partition coefficient (Wildman–Crippen LogP) is 9.88. The number of carbonyl (C=O) groups is 2. The van der Waals surface area contributed by atoms with Crippen LogP contribution in [0.3, 0.4) is 0 Å². The molecule has 0 aliphatic rings. The van der Waals surface area contributed by atoms with Crippen LogP contribution in [0.5, 0.6) is 0 Å². The Morgan fingerprint density at radius 1 is 0.639 bits per heavy atom. The van der Waals surface area contributed by atoms with Crippen molar-refractivity contribution in [3.63, 3.8) is 0 Å². The number of esters is 1. The maximum absolute atomic E-state index is 12.4. The van der Waals surface area contributed by atoms with E-state index in [-0.39, 0.29) is 18.5 Å². The second-order valence-electron chi connectivity index (χ2n) is 9.91. The molecular weight excluding hydrogens is 448 g/mol. The number of unbranched alkanes of at least 4 members (excludes halogenated alkanes) is 11. The summed E-state index contributed by atoms with van der Waals surface area (Å²) >= 11 is 0. The van der Waals surface area contributed by atoms with Crippen LogP contribution in [0.1, 0.15) is 149 Å². The Balaban J connectivity index is 3.83. The van der Waals surface area contributed by atoms with Crippen molar-refractivity contribution in [3.8, 4) is 0 Å². The van der Waals surface area contributed by atoms with Gasteiger partial charge >= 0.3 is 11.9 Å². The zero-order valence-electron chi connectivity index (χ0n) is 23.6. The number of hydrogen-bond acceptors (Lipinski definition) is 3. The zero-order chi connectivity index (χ0) is 26.5. The van der Waals surface area contributed by atoms with Crippen molar-refractivity contribution in [2.24, 2.45) is 0 Å². The summed E-state index contributed by atoms with van der Waals surface area (Å²) in [5, 5.41) is 8.70. The van der Waals surface area contributed by atoms with Gasteiger partial charge in [0.1, 0.15) is 6.10 Å². The van der Waals surface area contributed by atoms with Crippen molar-refractivity contribution < 1.29 is 19.4 Å². The molecule has 208 valence electrons. The molecule has 0 amide bonds. The Labute approximate surface area is 222 Å². The fourth-order valence-corrected chi connectivity index (χ4v) is 4.20. The summed E-state index contributed by atoms with van der Waals surface area (Å²) in [5.74, 6) is -0.737. The molecule has 0 spiro atoms. The highest BCUT2D eigenvalue weighted by atomic mass is 16.5. The minimum absolute atomic E-state index is 0.0286. The second kappa shape index (κ2) is 27.7. The largest absolute Gasteiger partial charge is 0.481 e. The van der Waals surface area contributed by atoms with Gasteiger partial charge in [-0.25, -0.2) is 0 Å². The molecule has 0 aliphatic carbocycles. The molecule has 0 heterocycles. The number of carboxylic acids is 1. The molecule has 0 aliphatic heterocycles. The quantitative estimate of drug-likeness (QED) is 0.0723. The van der Waals surface area contributed by atoms with Crippen LogP contribution in [0.2, 0.25) is 0 Å². The third-order valence-electron chi connectivity index (χ3n) is 6.38. The van der Waals surface area contributed by atoms with E-state index >= 15 is 0 Å². The summed E-state index contributed by atoms with van der Waals surface area (Å²) in [6, 6.07) is 0. The van der Waals surface area contributed by atoms with Gasteiger partial charge in [0.15, 0.2) is 0 Å². The van der Waals surface area contributed by atoms with E-state index in [2.05, 4.69) is 50.3 Å². The molecule has 1 atom stereocenters. The highest BCUT2D eigenvalue weighted by Crippen LogP contribution is 2.17. The SMILES string of the molecule is CC/C=C\C/C=C\C/C=C\CCCCCCCC(=O)OC(CCCCC)CCCCCCCC(=O)O. The molecule has 1 unspecified atom stereocenters. The van der Waals surface area contributed by atoms with Crippen LogP contribution in [-0.2, 0) is 14.3 Å². The molecule has 0 radical (unpaired) electrons. The molecule has 4 nitrogen and oxygen atoms in total. The van der Waals surface area contributed by atoms with Crippen molar-refractivity contribution in [2.45, 2.75) is 155 Å². The van der Waals surface area contributed by atoms with Crippen molar-refractivity contribution in [1.82, 2.24) is 0 Å². The van der Waals surface area contributed by atoms with Gasteiger partial charge in [-0.15, -0.1) is 0 Å². The Morgan fingerprint density at radius 2 is 1.17 bits per heavy atom. The van der Waals surface area contributed by atoms with E-state index in [0.717, 1.165) is 89.9 Å². The first-order valence-corrected chi connectivity index (χ1v) is 15.0. The summed E-state index contributed by atoms with van der Waals surface area (Å²) < 4.78 is 5.84. The summed E-state index contributed by atoms with van der Waals surface area (Å²) in [4.78, 5) is 22.9. The average molecular weight is 505 g/mol. The van der Waals surface area contributed by atoms with E-state index in [9.17, 15) is 9.59 Å². The molecular formula is C32H56O4. The van der Waals surface area contributed by atoms with Crippen molar-refractivity contribution in [3.05, 3.63) is 36.5 Å². The molecule has 0 aromatic rings. The maximum atomic E-state index is 12.4. The van der Waals surface area contributed by atoms with Crippen molar-refractivity contribution >= 4 is 11.9 Å². The smallest absolute Gasteiger partial charge is 0.306 e. The van der Waals surface area contributed by atoms with Crippen molar-refractivity contribution in [1.29, 1.82) is 0 Å². The summed E-state index contributed by atoms with van der Waals surface area (Å²) in [7, 11) is 0. The predicted molar refractivity (Wildman–Crippen MR) is 153 cm³/mol. The van der Waals surface area contributed by atoms with Gasteiger partial charge < -0.3 is 9.84 Å². The van der Waals surface area contributed by atoms with Gasteiger partial charge in [0.2, 0.25) is 0 Å². The molecule has 36 heavy (non-hydrogen) atoms. The first kappa shape index (κ1) is 34.2. The van der Waals surface area contributed by atoms with Gasteiger partial charge in [-0.05, 0) is 70.6 Å². The lowest BCUT2D eigenvalue weighted by Crippen LogP contribution is -2.18. The molecule has 0 bridgehead atoms. The number of carbonyl (C=O) groups excluding carboxylic acids is 1. The number of allylic oxidation sites excluding steroid dienone is 6.